The molecule has 0 bridgehead atoms. The van der Waals surface area contributed by atoms with E-state index in [0.717, 1.165) is 5.56 Å². The van der Waals surface area contributed by atoms with E-state index in [-0.39, 0.29) is 24.1 Å². The second kappa shape index (κ2) is 7.47. The normalized spacial score (nSPS) is 14.5. The first-order chi connectivity index (χ1) is 12.0. The molecule has 0 N–H and O–H groups in total. The topological polar surface area (TPSA) is 40.6 Å². The zero-order chi connectivity index (χ0) is 17.8. The summed E-state index contributed by atoms with van der Waals surface area (Å²) < 4.78 is 13.7. The summed E-state index contributed by atoms with van der Waals surface area (Å²) in [5.41, 5.74) is 2.13. The summed E-state index contributed by atoms with van der Waals surface area (Å²) in [5, 5.41) is 0. The van der Waals surface area contributed by atoms with Crippen molar-refractivity contribution in [3.8, 4) is 0 Å². The summed E-state index contributed by atoms with van der Waals surface area (Å²) in [6, 6.07) is 13.8. The predicted molar refractivity (Wildman–Crippen MR) is 93.8 cm³/mol. The van der Waals surface area contributed by atoms with Gasteiger partial charge in [0.25, 0.3) is 5.91 Å². The van der Waals surface area contributed by atoms with E-state index in [1.807, 2.05) is 31.2 Å². The van der Waals surface area contributed by atoms with Crippen LogP contribution in [-0.4, -0.2) is 47.8 Å². The third-order valence-electron chi connectivity index (χ3n) is 4.48. The monoisotopic (exact) mass is 340 g/mol. The van der Waals surface area contributed by atoms with Gasteiger partial charge in [0, 0.05) is 31.7 Å². The average Bonchev–Trinajstić information content (AvgIpc) is 2.63. The highest BCUT2D eigenvalue weighted by Gasteiger charge is 2.25. The van der Waals surface area contributed by atoms with Gasteiger partial charge in [0.2, 0.25) is 5.91 Å². The largest absolute Gasteiger partial charge is 0.339 e. The van der Waals surface area contributed by atoms with E-state index < -0.39 is 0 Å². The highest BCUT2D eigenvalue weighted by molar-refractivity contribution is 5.94. The van der Waals surface area contributed by atoms with Gasteiger partial charge in [-0.2, -0.15) is 0 Å². The van der Waals surface area contributed by atoms with Gasteiger partial charge in [-0.1, -0.05) is 35.9 Å². The van der Waals surface area contributed by atoms with Gasteiger partial charge in [-0.25, -0.2) is 4.39 Å². The minimum absolute atomic E-state index is 0.00935. The molecule has 130 valence electrons. The van der Waals surface area contributed by atoms with Crippen LogP contribution in [-0.2, 0) is 11.2 Å². The number of rotatable bonds is 3. The number of halogens is 1. The zero-order valence-electron chi connectivity index (χ0n) is 14.2. The van der Waals surface area contributed by atoms with Gasteiger partial charge in [-0.15, -0.1) is 0 Å². The van der Waals surface area contributed by atoms with E-state index in [0.29, 0.717) is 37.3 Å². The molecule has 1 saturated heterocycles. The molecule has 1 aliphatic heterocycles. The Labute approximate surface area is 146 Å². The molecular weight excluding hydrogens is 319 g/mol. The highest BCUT2D eigenvalue weighted by atomic mass is 19.1. The third kappa shape index (κ3) is 4.05. The molecule has 0 aromatic heterocycles. The fourth-order valence-electron chi connectivity index (χ4n) is 3.04. The van der Waals surface area contributed by atoms with Crippen LogP contribution < -0.4 is 0 Å². The lowest BCUT2D eigenvalue weighted by molar-refractivity contribution is -0.132. The number of hydrogen-bond donors (Lipinski definition) is 0. The molecule has 1 aliphatic rings. The van der Waals surface area contributed by atoms with E-state index in [4.69, 9.17) is 0 Å². The summed E-state index contributed by atoms with van der Waals surface area (Å²) in [5.74, 6) is -0.471. The second-order valence-electron chi connectivity index (χ2n) is 6.31. The Morgan fingerprint density at radius 2 is 1.64 bits per heavy atom. The predicted octanol–water partition coefficient (Wildman–Crippen LogP) is 2.66. The van der Waals surface area contributed by atoms with Crippen molar-refractivity contribution in [1.82, 2.24) is 9.80 Å². The zero-order valence-corrected chi connectivity index (χ0v) is 14.2. The molecule has 5 heteroatoms. The fourth-order valence-corrected chi connectivity index (χ4v) is 3.04. The van der Waals surface area contributed by atoms with Crippen LogP contribution >= 0.6 is 0 Å². The lowest BCUT2D eigenvalue weighted by Gasteiger charge is -2.35. The van der Waals surface area contributed by atoms with Crippen LogP contribution in [0.1, 0.15) is 21.5 Å². The van der Waals surface area contributed by atoms with Crippen LogP contribution in [0.25, 0.3) is 0 Å². The van der Waals surface area contributed by atoms with Crippen LogP contribution in [0.2, 0.25) is 0 Å². The van der Waals surface area contributed by atoms with Gasteiger partial charge in [0.05, 0.1) is 6.42 Å². The van der Waals surface area contributed by atoms with Crippen molar-refractivity contribution in [1.29, 1.82) is 0 Å². The van der Waals surface area contributed by atoms with Gasteiger partial charge in [0.1, 0.15) is 5.82 Å². The number of piperazine rings is 1. The molecule has 3 rings (SSSR count). The molecule has 0 aliphatic carbocycles. The van der Waals surface area contributed by atoms with E-state index in [1.54, 1.807) is 28.0 Å². The van der Waals surface area contributed by atoms with Gasteiger partial charge in [-0.3, -0.25) is 9.59 Å². The third-order valence-corrected chi connectivity index (χ3v) is 4.48. The number of hydrogen-bond acceptors (Lipinski definition) is 2. The number of aryl methyl sites for hydroxylation is 1. The Hall–Kier alpha value is -2.69. The molecule has 1 heterocycles. The van der Waals surface area contributed by atoms with Crippen molar-refractivity contribution >= 4 is 11.8 Å². The maximum absolute atomic E-state index is 13.7. The van der Waals surface area contributed by atoms with Crippen molar-refractivity contribution in [2.24, 2.45) is 0 Å². The highest BCUT2D eigenvalue weighted by Crippen LogP contribution is 2.13. The number of benzene rings is 2. The fraction of sp³-hybridized carbons (Fsp3) is 0.300. The molecule has 0 spiro atoms. The van der Waals surface area contributed by atoms with Crippen LogP contribution in [0.15, 0.2) is 48.5 Å². The number of carbonyl (C=O) groups is 2. The number of amides is 2. The summed E-state index contributed by atoms with van der Waals surface area (Å²) in [6.45, 7) is 3.90. The molecule has 0 saturated carbocycles. The summed E-state index contributed by atoms with van der Waals surface area (Å²) in [6.07, 6.45) is 0.0541. The summed E-state index contributed by atoms with van der Waals surface area (Å²) in [7, 11) is 0. The first-order valence-electron chi connectivity index (χ1n) is 8.42. The van der Waals surface area contributed by atoms with E-state index >= 15 is 0 Å². The van der Waals surface area contributed by atoms with E-state index in [1.165, 1.54) is 6.07 Å². The van der Waals surface area contributed by atoms with Gasteiger partial charge >= 0.3 is 0 Å². The lowest BCUT2D eigenvalue weighted by Crippen LogP contribution is -2.51. The van der Waals surface area contributed by atoms with E-state index in [2.05, 4.69) is 0 Å². The number of nitrogens with zero attached hydrogens (tertiary/aromatic N) is 2. The Balaban J connectivity index is 1.57. The molecule has 0 atom stereocenters. The van der Waals surface area contributed by atoms with Crippen LogP contribution in [0.4, 0.5) is 4.39 Å². The Morgan fingerprint density at radius 3 is 2.32 bits per heavy atom. The van der Waals surface area contributed by atoms with Gasteiger partial charge in [-0.05, 0) is 30.7 Å². The molecule has 1 fully saturated rings. The van der Waals surface area contributed by atoms with Crippen molar-refractivity contribution in [3.63, 3.8) is 0 Å². The van der Waals surface area contributed by atoms with Crippen LogP contribution in [0.5, 0.6) is 0 Å². The van der Waals surface area contributed by atoms with Crippen molar-refractivity contribution in [2.45, 2.75) is 13.3 Å². The Kier molecular flexibility index (Phi) is 5.12. The minimum Gasteiger partial charge on any atom is -0.339 e. The molecule has 0 unspecified atom stereocenters. The van der Waals surface area contributed by atoms with Crippen LogP contribution in [0.3, 0.4) is 0 Å². The molecule has 25 heavy (non-hydrogen) atoms. The molecule has 4 nitrogen and oxygen atoms in total. The lowest BCUT2D eigenvalue weighted by atomic mass is 10.1. The molecular formula is C20H21FN2O2. The Morgan fingerprint density at radius 1 is 0.960 bits per heavy atom. The van der Waals surface area contributed by atoms with Crippen LogP contribution in [0, 0.1) is 12.7 Å². The second-order valence-corrected chi connectivity index (χ2v) is 6.31. The quantitative estimate of drug-likeness (QED) is 0.862. The molecule has 2 aromatic rings. The smallest absolute Gasteiger partial charge is 0.253 e. The van der Waals surface area contributed by atoms with Crippen molar-refractivity contribution in [2.75, 3.05) is 26.2 Å². The average molecular weight is 340 g/mol. The van der Waals surface area contributed by atoms with Crippen molar-refractivity contribution in [3.05, 3.63) is 71.0 Å². The Bertz CT molecular complexity index is 783. The number of carbonyl (C=O) groups excluding carboxylic acids is 2. The minimum atomic E-state index is -0.357. The maximum Gasteiger partial charge on any atom is 0.253 e. The molecule has 2 amide bonds. The SMILES string of the molecule is Cc1cccc(C(=O)N2CCN(C(=O)Cc3ccccc3F)CC2)c1. The summed E-state index contributed by atoms with van der Waals surface area (Å²) >= 11 is 0. The van der Waals surface area contributed by atoms with Gasteiger partial charge < -0.3 is 9.80 Å². The van der Waals surface area contributed by atoms with Crippen molar-refractivity contribution < 1.29 is 14.0 Å². The first-order valence-corrected chi connectivity index (χ1v) is 8.42. The summed E-state index contributed by atoms with van der Waals surface area (Å²) in [4.78, 5) is 28.4. The maximum atomic E-state index is 13.7. The molecule has 2 aromatic carbocycles. The first kappa shape index (κ1) is 17.1. The molecule has 0 radical (unpaired) electrons. The standard InChI is InChI=1S/C20H21FN2O2/c1-15-5-4-7-17(13-15)20(25)23-11-9-22(10-12-23)19(24)14-16-6-2-3-8-18(16)21/h2-8,13H,9-12,14H2,1H3. The van der Waals surface area contributed by atoms with Gasteiger partial charge in [0.15, 0.2) is 0 Å². The van der Waals surface area contributed by atoms with E-state index in [9.17, 15) is 14.0 Å².